The monoisotopic (exact) mass is 348 g/mol. The molecule has 0 aromatic carbocycles. The predicted molar refractivity (Wildman–Crippen MR) is 102 cm³/mol. The highest BCUT2D eigenvalue weighted by Gasteiger charge is 2.05. The summed E-state index contributed by atoms with van der Waals surface area (Å²) in [5, 5.41) is 0. The van der Waals surface area contributed by atoms with Gasteiger partial charge in [0.15, 0.2) is 0 Å². The SMILES string of the molecule is CC/C=C\C/C=C\C[C@H](/C=C/C=C\CCCCC(=O)OC)OC(C)=O. The highest BCUT2D eigenvalue weighted by atomic mass is 16.5. The van der Waals surface area contributed by atoms with Crippen LogP contribution >= 0.6 is 0 Å². The van der Waals surface area contributed by atoms with Crippen LogP contribution in [0.5, 0.6) is 0 Å². The van der Waals surface area contributed by atoms with Gasteiger partial charge in [0.1, 0.15) is 6.10 Å². The number of methoxy groups -OCH3 is 1. The molecule has 0 bridgehead atoms. The average molecular weight is 348 g/mol. The van der Waals surface area contributed by atoms with E-state index in [1.54, 1.807) is 0 Å². The lowest BCUT2D eigenvalue weighted by atomic mass is 10.1. The topological polar surface area (TPSA) is 52.6 Å². The first-order chi connectivity index (χ1) is 12.1. The van der Waals surface area contributed by atoms with Gasteiger partial charge in [0.05, 0.1) is 7.11 Å². The quantitative estimate of drug-likeness (QED) is 0.202. The van der Waals surface area contributed by atoms with Crippen LogP contribution < -0.4 is 0 Å². The van der Waals surface area contributed by atoms with E-state index in [2.05, 4.69) is 29.9 Å². The highest BCUT2D eigenvalue weighted by Crippen LogP contribution is 2.05. The Balaban J connectivity index is 4.12. The van der Waals surface area contributed by atoms with Gasteiger partial charge in [-0.05, 0) is 38.2 Å². The van der Waals surface area contributed by atoms with Crippen LogP contribution in [0.1, 0.15) is 58.8 Å². The molecule has 0 spiro atoms. The first kappa shape index (κ1) is 22.9. The van der Waals surface area contributed by atoms with Crippen LogP contribution in [0.4, 0.5) is 0 Å². The first-order valence-corrected chi connectivity index (χ1v) is 8.97. The van der Waals surface area contributed by atoms with Gasteiger partial charge in [0.2, 0.25) is 0 Å². The second-order valence-electron chi connectivity index (χ2n) is 5.61. The number of carbonyl (C=O) groups is 2. The summed E-state index contributed by atoms with van der Waals surface area (Å²) in [7, 11) is 1.41. The second-order valence-corrected chi connectivity index (χ2v) is 5.61. The molecule has 4 nitrogen and oxygen atoms in total. The number of ether oxygens (including phenoxy) is 2. The van der Waals surface area contributed by atoms with Gasteiger partial charge in [-0.2, -0.15) is 0 Å². The van der Waals surface area contributed by atoms with E-state index in [-0.39, 0.29) is 18.0 Å². The molecule has 0 saturated carbocycles. The number of allylic oxidation sites excluding steroid dienone is 6. The summed E-state index contributed by atoms with van der Waals surface area (Å²) in [5.41, 5.74) is 0. The normalized spacial score (nSPS) is 13.2. The maximum Gasteiger partial charge on any atom is 0.305 e. The Morgan fingerprint density at radius 3 is 2.44 bits per heavy atom. The third kappa shape index (κ3) is 16.5. The summed E-state index contributed by atoms with van der Waals surface area (Å²) in [5.74, 6) is -0.438. The van der Waals surface area contributed by atoms with Crippen molar-refractivity contribution in [3.05, 3.63) is 48.6 Å². The standard InChI is InChI=1S/C21H32O4/c1-4-5-6-7-10-13-16-20(25-19(2)22)17-14-11-8-9-12-15-18-21(23)24-3/h5-6,8,10-11,13-14,17,20H,4,7,9,12,15-16,18H2,1-3H3/b6-5-,11-8-,13-10-,17-14+/t20-/m1/s1. The molecule has 0 fully saturated rings. The minimum atomic E-state index is -0.277. The molecule has 0 saturated heterocycles. The maximum atomic E-state index is 11.2. The Hall–Kier alpha value is -2.10. The minimum absolute atomic E-state index is 0.161. The molecule has 0 heterocycles. The predicted octanol–water partition coefficient (Wildman–Crippen LogP) is 5.07. The van der Waals surface area contributed by atoms with Gasteiger partial charge in [-0.15, -0.1) is 0 Å². The van der Waals surface area contributed by atoms with Gasteiger partial charge in [0, 0.05) is 19.8 Å². The molecule has 0 rings (SSSR count). The van der Waals surface area contributed by atoms with Crippen molar-refractivity contribution in [2.75, 3.05) is 7.11 Å². The van der Waals surface area contributed by atoms with E-state index >= 15 is 0 Å². The molecule has 0 unspecified atom stereocenters. The van der Waals surface area contributed by atoms with Gasteiger partial charge in [-0.25, -0.2) is 0 Å². The third-order valence-corrected chi connectivity index (χ3v) is 3.33. The van der Waals surface area contributed by atoms with Crippen LogP contribution in [-0.2, 0) is 19.1 Å². The Bertz CT molecular complexity index is 472. The van der Waals surface area contributed by atoms with E-state index in [9.17, 15) is 9.59 Å². The fraction of sp³-hybridized carbons (Fsp3) is 0.524. The molecule has 0 aliphatic carbocycles. The van der Waals surface area contributed by atoms with Gasteiger partial charge in [-0.1, -0.05) is 49.5 Å². The Morgan fingerprint density at radius 2 is 1.76 bits per heavy atom. The Labute approximate surface area is 152 Å². The van der Waals surface area contributed by atoms with Crippen LogP contribution in [0.2, 0.25) is 0 Å². The molecule has 0 aromatic heterocycles. The summed E-state index contributed by atoms with van der Waals surface area (Å²) in [6, 6.07) is 0. The summed E-state index contributed by atoms with van der Waals surface area (Å²) in [6.07, 6.45) is 21.7. The van der Waals surface area contributed by atoms with Crippen molar-refractivity contribution in [2.24, 2.45) is 0 Å². The number of hydrogen-bond donors (Lipinski definition) is 0. The molecule has 0 aliphatic rings. The fourth-order valence-electron chi connectivity index (χ4n) is 2.04. The van der Waals surface area contributed by atoms with Gasteiger partial charge < -0.3 is 9.47 Å². The average Bonchev–Trinajstić information content (AvgIpc) is 2.59. The van der Waals surface area contributed by atoms with E-state index in [4.69, 9.17) is 4.74 Å². The van der Waals surface area contributed by atoms with Crippen molar-refractivity contribution in [3.63, 3.8) is 0 Å². The zero-order valence-corrected chi connectivity index (χ0v) is 15.8. The fourth-order valence-corrected chi connectivity index (χ4v) is 2.04. The number of rotatable bonds is 13. The van der Waals surface area contributed by atoms with Gasteiger partial charge in [0.25, 0.3) is 0 Å². The molecular formula is C21H32O4. The smallest absolute Gasteiger partial charge is 0.305 e. The van der Waals surface area contributed by atoms with E-state index < -0.39 is 0 Å². The lowest BCUT2D eigenvalue weighted by molar-refractivity contribution is -0.144. The van der Waals surface area contributed by atoms with E-state index in [1.165, 1.54) is 14.0 Å². The second kappa shape index (κ2) is 16.7. The molecular weight excluding hydrogens is 316 g/mol. The Morgan fingerprint density at radius 1 is 1.00 bits per heavy atom. The number of esters is 2. The molecule has 25 heavy (non-hydrogen) atoms. The number of carbonyl (C=O) groups excluding carboxylic acids is 2. The number of unbranched alkanes of at least 4 members (excludes halogenated alkanes) is 2. The number of hydrogen-bond acceptors (Lipinski definition) is 4. The van der Waals surface area contributed by atoms with Crippen LogP contribution in [0, 0.1) is 0 Å². The minimum Gasteiger partial charge on any atom is -0.469 e. The molecule has 0 N–H and O–H groups in total. The summed E-state index contributed by atoms with van der Waals surface area (Å²) in [6.45, 7) is 3.53. The lowest BCUT2D eigenvalue weighted by Crippen LogP contribution is -2.12. The lowest BCUT2D eigenvalue weighted by Gasteiger charge is -2.10. The largest absolute Gasteiger partial charge is 0.469 e. The molecule has 0 aromatic rings. The summed E-state index contributed by atoms with van der Waals surface area (Å²) in [4.78, 5) is 22.1. The molecule has 4 heteroatoms. The van der Waals surface area contributed by atoms with E-state index in [1.807, 2.05) is 30.4 Å². The summed E-state index contributed by atoms with van der Waals surface area (Å²) < 4.78 is 9.88. The maximum absolute atomic E-state index is 11.2. The zero-order valence-electron chi connectivity index (χ0n) is 15.8. The molecule has 1 atom stereocenters. The molecule has 0 aliphatic heterocycles. The Kier molecular flexibility index (Phi) is 15.3. The van der Waals surface area contributed by atoms with Gasteiger partial charge >= 0.3 is 11.9 Å². The zero-order chi connectivity index (χ0) is 18.8. The van der Waals surface area contributed by atoms with Crippen molar-refractivity contribution >= 4 is 11.9 Å². The van der Waals surface area contributed by atoms with E-state index in [0.29, 0.717) is 12.8 Å². The van der Waals surface area contributed by atoms with Crippen molar-refractivity contribution in [3.8, 4) is 0 Å². The van der Waals surface area contributed by atoms with Gasteiger partial charge in [-0.3, -0.25) is 9.59 Å². The molecule has 0 radical (unpaired) electrons. The van der Waals surface area contributed by atoms with Crippen LogP contribution in [-0.4, -0.2) is 25.2 Å². The van der Waals surface area contributed by atoms with Crippen molar-refractivity contribution in [1.29, 1.82) is 0 Å². The summed E-state index contributed by atoms with van der Waals surface area (Å²) >= 11 is 0. The van der Waals surface area contributed by atoms with Crippen LogP contribution in [0.15, 0.2) is 48.6 Å². The van der Waals surface area contributed by atoms with Crippen molar-refractivity contribution < 1.29 is 19.1 Å². The first-order valence-electron chi connectivity index (χ1n) is 8.97. The molecule has 140 valence electrons. The third-order valence-electron chi connectivity index (χ3n) is 3.33. The molecule has 0 amide bonds. The van der Waals surface area contributed by atoms with E-state index in [0.717, 1.165) is 32.1 Å². The van der Waals surface area contributed by atoms with Crippen LogP contribution in [0.3, 0.4) is 0 Å². The van der Waals surface area contributed by atoms with Crippen LogP contribution in [0.25, 0.3) is 0 Å². The van der Waals surface area contributed by atoms with Crippen molar-refractivity contribution in [2.45, 2.75) is 64.9 Å². The highest BCUT2D eigenvalue weighted by molar-refractivity contribution is 5.69. The van der Waals surface area contributed by atoms with Crippen molar-refractivity contribution in [1.82, 2.24) is 0 Å².